The van der Waals surface area contributed by atoms with Gasteiger partial charge in [-0.3, -0.25) is 4.79 Å². The van der Waals surface area contributed by atoms with Crippen molar-refractivity contribution in [2.24, 2.45) is 11.5 Å². The van der Waals surface area contributed by atoms with Crippen LogP contribution in [0.3, 0.4) is 0 Å². The first-order chi connectivity index (χ1) is 10.7. The lowest BCUT2D eigenvalue weighted by molar-refractivity contribution is 0.0995. The van der Waals surface area contributed by atoms with Crippen molar-refractivity contribution in [1.29, 1.82) is 0 Å². The molecule has 6 heteroatoms. The van der Waals surface area contributed by atoms with Crippen LogP contribution < -0.4 is 16.8 Å². The monoisotopic (exact) mass is 295 g/mol. The van der Waals surface area contributed by atoms with E-state index in [1.54, 1.807) is 0 Å². The number of hydrogen-bond acceptors (Lipinski definition) is 5. The van der Waals surface area contributed by atoms with E-state index in [0.29, 0.717) is 31.0 Å². The van der Waals surface area contributed by atoms with Crippen molar-refractivity contribution < 1.29 is 4.79 Å². The second-order valence-electron chi connectivity index (χ2n) is 5.08. The number of nitrogens with two attached hydrogens (primary N) is 2. The molecule has 2 aromatic rings. The molecule has 0 spiro atoms. The fourth-order valence-corrected chi connectivity index (χ4v) is 2.51. The van der Waals surface area contributed by atoms with Crippen LogP contribution in [0, 0.1) is 0 Å². The molecule has 1 aliphatic carbocycles. The zero-order valence-electron chi connectivity index (χ0n) is 12.0. The van der Waals surface area contributed by atoms with E-state index in [-0.39, 0.29) is 5.69 Å². The van der Waals surface area contributed by atoms with Gasteiger partial charge in [0.2, 0.25) is 0 Å². The summed E-state index contributed by atoms with van der Waals surface area (Å²) in [5.41, 5.74) is 14.9. The van der Waals surface area contributed by atoms with E-state index in [0.717, 1.165) is 11.1 Å². The smallest absolute Gasteiger partial charge is 0.269 e. The number of amides is 1. The molecule has 22 heavy (non-hydrogen) atoms. The zero-order chi connectivity index (χ0) is 15.5. The molecule has 0 fully saturated rings. The van der Waals surface area contributed by atoms with E-state index in [1.165, 1.54) is 11.8 Å². The minimum Gasteiger partial charge on any atom is -0.368 e. The predicted molar refractivity (Wildman–Crippen MR) is 86.1 cm³/mol. The summed E-state index contributed by atoms with van der Waals surface area (Å²) in [7, 11) is 0. The Labute approximate surface area is 128 Å². The van der Waals surface area contributed by atoms with Crippen LogP contribution in [-0.4, -0.2) is 29.0 Å². The Morgan fingerprint density at radius 1 is 1.32 bits per heavy atom. The third-order valence-electron chi connectivity index (χ3n) is 3.53. The average molecular weight is 295 g/mol. The highest BCUT2D eigenvalue weighted by molar-refractivity contribution is 5.99. The molecule has 1 heterocycles. The van der Waals surface area contributed by atoms with E-state index < -0.39 is 5.91 Å². The summed E-state index contributed by atoms with van der Waals surface area (Å²) < 4.78 is 0. The van der Waals surface area contributed by atoms with Gasteiger partial charge in [0.15, 0.2) is 5.69 Å². The summed E-state index contributed by atoms with van der Waals surface area (Å²) in [5.74, 6) is 0.00652. The molecule has 112 valence electrons. The largest absolute Gasteiger partial charge is 0.368 e. The SMILES string of the molecule is NCCNc1cnc(C(N)=O)c(C2=Cc3ccccc3C2)n1. The fourth-order valence-electron chi connectivity index (χ4n) is 2.51. The standard InChI is InChI=1S/C16H17N5O/c17-5-6-19-13-9-20-15(16(18)22)14(21-13)12-7-10-3-1-2-4-11(10)8-12/h1-4,7,9H,5-6,8,17H2,(H2,18,22)(H,19,21). The number of anilines is 1. The Bertz CT molecular complexity index is 754. The van der Waals surface area contributed by atoms with Gasteiger partial charge in [-0.25, -0.2) is 9.97 Å². The maximum atomic E-state index is 11.6. The predicted octanol–water partition coefficient (Wildman–Crippen LogP) is 1.04. The van der Waals surface area contributed by atoms with Crippen LogP contribution in [0.25, 0.3) is 11.6 Å². The number of nitrogens with one attached hydrogen (secondary N) is 1. The highest BCUT2D eigenvalue weighted by atomic mass is 16.1. The third kappa shape index (κ3) is 2.68. The number of primary amides is 1. The topological polar surface area (TPSA) is 107 Å². The van der Waals surface area contributed by atoms with Crippen LogP contribution in [0.1, 0.15) is 27.3 Å². The van der Waals surface area contributed by atoms with Crippen molar-refractivity contribution in [2.45, 2.75) is 6.42 Å². The van der Waals surface area contributed by atoms with Crippen molar-refractivity contribution in [3.8, 4) is 0 Å². The van der Waals surface area contributed by atoms with E-state index >= 15 is 0 Å². The van der Waals surface area contributed by atoms with Gasteiger partial charge in [0, 0.05) is 19.5 Å². The molecule has 0 atom stereocenters. The summed E-state index contributed by atoms with van der Waals surface area (Å²) in [6.45, 7) is 1.08. The first kappa shape index (κ1) is 14.2. The minimum atomic E-state index is -0.579. The molecule has 1 aromatic carbocycles. The summed E-state index contributed by atoms with van der Waals surface area (Å²) in [5, 5.41) is 3.07. The van der Waals surface area contributed by atoms with Gasteiger partial charge in [-0.2, -0.15) is 0 Å². The number of benzene rings is 1. The first-order valence-electron chi connectivity index (χ1n) is 7.08. The van der Waals surface area contributed by atoms with Crippen LogP contribution in [0.4, 0.5) is 5.82 Å². The van der Waals surface area contributed by atoms with Crippen LogP contribution in [0.5, 0.6) is 0 Å². The molecule has 0 saturated heterocycles. The lowest BCUT2D eigenvalue weighted by Gasteiger charge is -2.10. The molecule has 6 nitrogen and oxygen atoms in total. The molecule has 1 aromatic heterocycles. The summed E-state index contributed by atoms with van der Waals surface area (Å²) in [6, 6.07) is 8.08. The molecule has 0 bridgehead atoms. The van der Waals surface area contributed by atoms with Gasteiger partial charge in [0.1, 0.15) is 11.5 Å². The molecule has 3 rings (SSSR count). The summed E-state index contributed by atoms with van der Waals surface area (Å²) >= 11 is 0. The Hall–Kier alpha value is -2.73. The number of rotatable bonds is 5. The van der Waals surface area contributed by atoms with E-state index in [2.05, 4.69) is 21.4 Å². The number of hydrogen-bond donors (Lipinski definition) is 3. The lowest BCUT2D eigenvalue weighted by Crippen LogP contribution is -2.19. The van der Waals surface area contributed by atoms with Gasteiger partial charge < -0.3 is 16.8 Å². The third-order valence-corrected chi connectivity index (χ3v) is 3.53. The zero-order valence-corrected chi connectivity index (χ0v) is 12.0. The maximum Gasteiger partial charge on any atom is 0.269 e. The molecule has 0 saturated carbocycles. The second kappa shape index (κ2) is 5.95. The van der Waals surface area contributed by atoms with Crippen LogP contribution in [-0.2, 0) is 6.42 Å². The minimum absolute atomic E-state index is 0.192. The Balaban J connectivity index is 2.00. The van der Waals surface area contributed by atoms with Crippen LogP contribution in [0.15, 0.2) is 30.5 Å². The fraction of sp³-hybridized carbons (Fsp3) is 0.188. The van der Waals surface area contributed by atoms with Gasteiger partial charge in [-0.05, 0) is 22.8 Å². The molecule has 1 aliphatic rings. The molecule has 0 radical (unpaired) electrons. The number of carbonyl (C=O) groups excluding carboxylic acids is 1. The Morgan fingerprint density at radius 3 is 2.86 bits per heavy atom. The highest BCUT2D eigenvalue weighted by Crippen LogP contribution is 2.31. The quantitative estimate of drug-likeness (QED) is 0.764. The normalized spacial score (nSPS) is 12.7. The maximum absolute atomic E-state index is 11.6. The number of nitrogens with zero attached hydrogens (tertiary/aromatic N) is 2. The molecular weight excluding hydrogens is 278 g/mol. The van der Waals surface area contributed by atoms with Gasteiger partial charge in [-0.1, -0.05) is 24.3 Å². The van der Waals surface area contributed by atoms with Gasteiger partial charge in [0.05, 0.1) is 6.20 Å². The van der Waals surface area contributed by atoms with Crippen LogP contribution in [0.2, 0.25) is 0 Å². The Kier molecular flexibility index (Phi) is 3.84. The second-order valence-corrected chi connectivity index (χ2v) is 5.08. The molecule has 1 amide bonds. The van der Waals surface area contributed by atoms with E-state index in [1.807, 2.05) is 24.3 Å². The van der Waals surface area contributed by atoms with E-state index in [9.17, 15) is 4.79 Å². The van der Waals surface area contributed by atoms with Gasteiger partial charge in [-0.15, -0.1) is 0 Å². The number of aromatic nitrogens is 2. The van der Waals surface area contributed by atoms with Crippen molar-refractivity contribution in [3.63, 3.8) is 0 Å². The Morgan fingerprint density at radius 2 is 2.14 bits per heavy atom. The molecule has 0 unspecified atom stereocenters. The van der Waals surface area contributed by atoms with Crippen LogP contribution >= 0.6 is 0 Å². The summed E-state index contributed by atoms with van der Waals surface area (Å²) in [6.07, 6.45) is 4.24. The van der Waals surface area contributed by atoms with E-state index in [4.69, 9.17) is 11.5 Å². The van der Waals surface area contributed by atoms with Crippen molar-refractivity contribution >= 4 is 23.4 Å². The number of fused-ring (bicyclic) bond motifs is 1. The lowest BCUT2D eigenvalue weighted by atomic mass is 10.1. The number of carbonyl (C=O) groups is 1. The van der Waals surface area contributed by atoms with Gasteiger partial charge >= 0.3 is 0 Å². The van der Waals surface area contributed by atoms with Crippen molar-refractivity contribution in [1.82, 2.24) is 9.97 Å². The average Bonchev–Trinajstić information content (AvgIpc) is 2.96. The molecular formula is C16H17N5O. The summed E-state index contributed by atoms with van der Waals surface area (Å²) in [4.78, 5) is 20.3. The van der Waals surface area contributed by atoms with Gasteiger partial charge in [0.25, 0.3) is 5.91 Å². The highest BCUT2D eigenvalue weighted by Gasteiger charge is 2.21. The number of allylic oxidation sites excluding steroid dienone is 1. The van der Waals surface area contributed by atoms with Crippen molar-refractivity contribution in [3.05, 3.63) is 53.0 Å². The first-order valence-corrected chi connectivity index (χ1v) is 7.08. The van der Waals surface area contributed by atoms with Crippen molar-refractivity contribution in [2.75, 3.05) is 18.4 Å². The molecule has 5 N–H and O–H groups in total. The molecule has 0 aliphatic heterocycles.